The van der Waals surface area contributed by atoms with Crippen LogP contribution in [0.15, 0.2) is 18.2 Å². The van der Waals surface area contributed by atoms with Gasteiger partial charge in [-0.1, -0.05) is 26.8 Å². The van der Waals surface area contributed by atoms with Crippen molar-refractivity contribution in [3.05, 3.63) is 57.4 Å². The van der Waals surface area contributed by atoms with Crippen molar-refractivity contribution in [2.24, 2.45) is 0 Å². The highest BCUT2D eigenvalue weighted by atomic mass is 19.1. The van der Waals surface area contributed by atoms with E-state index in [2.05, 4.69) is 26.8 Å². The fraction of sp³-hybridized carbons (Fsp3) is 0.423. The van der Waals surface area contributed by atoms with Crippen LogP contribution in [0.25, 0.3) is 0 Å². The van der Waals surface area contributed by atoms with Crippen LogP contribution in [-0.2, 0) is 12.0 Å². The number of aryl methyl sites for hydroxylation is 1. The lowest BCUT2D eigenvalue weighted by Crippen LogP contribution is -2.35. The van der Waals surface area contributed by atoms with E-state index in [-0.39, 0.29) is 35.9 Å². The van der Waals surface area contributed by atoms with Crippen LogP contribution in [0.3, 0.4) is 0 Å². The predicted molar refractivity (Wildman–Crippen MR) is 126 cm³/mol. The van der Waals surface area contributed by atoms with Gasteiger partial charge in [0.1, 0.15) is 30.6 Å². The number of amidine groups is 1. The number of fused-ring (bicyclic) bond motifs is 2. The van der Waals surface area contributed by atoms with Gasteiger partial charge in [0.2, 0.25) is 0 Å². The molecule has 2 aromatic rings. The first-order valence-electron chi connectivity index (χ1n) is 11.1. The predicted octanol–water partition coefficient (Wildman–Crippen LogP) is 4.49. The maximum absolute atomic E-state index is 14.8. The average Bonchev–Trinajstić information content (AvgIpc) is 3.05. The first kappa shape index (κ1) is 22.8. The summed E-state index contributed by atoms with van der Waals surface area (Å²) in [5.41, 5.74) is 4.29. The molecule has 2 heterocycles. The van der Waals surface area contributed by atoms with Gasteiger partial charge in [0.25, 0.3) is 0 Å². The standard InChI is InChI=1S/C26H29FN4O2/c1-15-10-18-13-31(25(29)22(18)23(27)16(15)2)14-21(32)17-11-19(26(3,4)5)24-20(12-17)30(7-6-28)8-9-33-24/h10-12,29H,7-9,13-14H2,1-5H3. The zero-order valence-corrected chi connectivity index (χ0v) is 19.8. The van der Waals surface area contributed by atoms with Crippen LogP contribution in [-0.4, -0.2) is 42.8 Å². The van der Waals surface area contributed by atoms with Crippen LogP contribution < -0.4 is 9.64 Å². The van der Waals surface area contributed by atoms with E-state index < -0.39 is 0 Å². The molecule has 0 amide bonds. The molecule has 1 N–H and O–H groups in total. The minimum Gasteiger partial charge on any atom is -0.489 e. The van der Waals surface area contributed by atoms with Crippen molar-refractivity contribution < 1.29 is 13.9 Å². The molecule has 33 heavy (non-hydrogen) atoms. The number of hydrogen-bond donors (Lipinski definition) is 1. The number of halogens is 1. The first-order valence-corrected chi connectivity index (χ1v) is 11.1. The van der Waals surface area contributed by atoms with Crippen LogP contribution in [0.4, 0.5) is 10.1 Å². The number of nitriles is 1. The van der Waals surface area contributed by atoms with Crippen LogP contribution in [0.2, 0.25) is 0 Å². The van der Waals surface area contributed by atoms with Crippen molar-refractivity contribution in [2.45, 2.75) is 46.6 Å². The maximum Gasteiger partial charge on any atom is 0.182 e. The summed E-state index contributed by atoms with van der Waals surface area (Å²) in [6.07, 6.45) is 0. The molecule has 0 saturated carbocycles. The summed E-state index contributed by atoms with van der Waals surface area (Å²) in [5.74, 6) is 0.229. The Bertz CT molecular complexity index is 1210. The summed E-state index contributed by atoms with van der Waals surface area (Å²) in [5, 5.41) is 17.8. The number of nitrogens with one attached hydrogen (secondary N) is 1. The molecule has 0 fully saturated rings. The maximum atomic E-state index is 14.8. The molecule has 4 rings (SSSR count). The molecular formula is C26H29FN4O2. The Labute approximate surface area is 194 Å². The fourth-order valence-corrected chi connectivity index (χ4v) is 4.51. The number of rotatable bonds is 4. The largest absolute Gasteiger partial charge is 0.489 e. The first-order chi connectivity index (χ1) is 15.5. The highest BCUT2D eigenvalue weighted by molar-refractivity contribution is 6.06. The summed E-state index contributed by atoms with van der Waals surface area (Å²) in [6, 6.07) is 7.73. The Kier molecular flexibility index (Phi) is 5.65. The van der Waals surface area contributed by atoms with Gasteiger partial charge in [0.15, 0.2) is 5.78 Å². The van der Waals surface area contributed by atoms with Crippen LogP contribution in [0.1, 0.15) is 58.9 Å². The fourth-order valence-electron chi connectivity index (χ4n) is 4.51. The summed E-state index contributed by atoms with van der Waals surface area (Å²) < 4.78 is 20.8. The van der Waals surface area contributed by atoms with E-state index in [1.807, 2.05) is 24.0 Å². The molecule has 2 aromatic carbocycles. The molecule has 172 valence electrons. The lowest BCUT2D eigenvalue weighted by atomic mass is 9.84. The van der Waals surface area contributed by atoms with Crippen molar-refractivity contribution in [1.29, 1.82) is 10.7 Å². The van der Waals surface area contributed by atoms with E-state index in [1.165, 1.54) is 0 Å². The molecule has 2 aliphatic heterocycles. The van der Waals surface area contributed by atoms with E-state index in [1.54, 1.807) is 17.9 Å². The van der Waals surface area contributed by atoms with E-state index in [4.69, 9.17) is 10.1 Å². The van der Waals surface area contributed by atoms with Crippen molar-refractivity contribution in [3.63, 3.8) is 0 Å². The van der Waals surface area contributed by atoms with E-state index in [0.29, 0.717) is 36.4 Å². The van der Waals surface area contributed by atoms with Crippen LogP contribution in [0.5, 0.6) is 5.75 Å². The van der Waals surface area contributed by atoms with Gasteiger partial charge < -0.3 is 14.5 Å². The van der Waals surface area contributed by atoms with Gasteiger partial charge in [0.05, 0.1) is 30.4 Å². The third-order valence-electron chi connectivity index (χ3n) is 6.51. The number of carbonyl (C=O) groups is 1. The molecule has 0 bridgehead atoms. The number of nitrogens with zero attached hydrogens (tertiary/aromatic N) is 3. The second kappa shape index (κ2) is 8.18. The quantitative estimate of drug-likeness (QED) is 0.551. The summed E-state index contributed by atoms with van der Waals surface area (Å²) in [7, 11) is 0. The van der Waals surface area contributed by atoms with Crippen molar-refractivity contribution in [2.75, 3.05) is 31.1 Å². The molecule has 0 aromatic heterocycles. The third kappa shape index (κ3) is 3.95. The second-order valence-electron chi connectivity index (χ2n) is 9.84. The minimum absolute atomic E-state index is 0.0213. The number of benzene rings is 2. The summed E-state index contributed by atoms with van der Waals surface area (Å²) in [4.78, 5) is 16.9. The topological polar surface area (TPSA) is 80.4 Å². The van der Waals surface area contributed by atoms with E-state index >= 15 is 0 Å². The van der Waals surface area contributed by atoms with E-state index in [9.17, 15) is 14.4 Å². The van der Waals surface area contributed by atoms with Crippen LogP contribution >= 0.6 is 0 Å². The van der Waals surface area contributed by atoms with Crippen molar-refractivity contribution >= 4 is 17.3 Å². The average molecular weight is 449 g/mol. The highest BCUT2D eigenvalue weighted by Gasteiger charge is 2.32. The van der Waals surface area contributed by atoms with Gasteiger partial charge in [0, 0.05) is 17.7 Å². The molecule has 0 aliphatic carbocycles. The number of ether oxygens (including phenoxy) is 1. The normalized spacial score (nSPS) is 15.1. The molecule has 0 saturated heterocycles. The zero-order valence-electron chi connectivity index (χ0n) is 19.8. The Morgan fingerprint density at radius 1 is 1.24 bits per heavy atom. The monoisotopic (exact) mass is 448 g/mol. The van der Waals surface area contributed by atoms with Gasteiger partial charge in [-0.3, -0.25) is 10.2 Å². The number of anilines is 1. The van der Waals surface area contributed by atoms with Gasteiger partial charge in [-0.2, -0.15) is 5.26 Å². The van der Waals surface area contributed by atoms with Crippen molar-refractivity contribution in [3.8, 4) is 11.8 Å². The molecule has 0 spiro atoms. The van der Waals surface area contributed by atoms with E-state index in [0.717, 1.165) is 28.1 Å². The van der Waals surface area contributed by atoms with Gasteiger partial charge in [-0.15, -0.1) is 0 Å². The molecule has 0 unspecified atom stereocenters. The lowest BCUT2D eigenvalue weighted by molar-refractivity contribution is 0.0962. The third-order valence-corrected chi connectivity index (χ3v) is 6.51. The molecule has 0 radical (unpaired) electrons. The summed E-state index contributed by atoms with van der Waals surface area (Å²) >= 11 is 0. The van der Waals surface area contributed by atoms with Gasteiger partial charge >= 0.3 is 0 Å². The summed E-state index contributed by atoms with van der Waals surface area (Å²) in [6.45, 7) is 11.3. The number of hydrogen-bond acceptors (Lipinski definition) is 5. The van der Waals surface area contributed by atoms with Gasteiger partial charge in [-0.25, -0.2) is 4.39 Å². The molecule has 2 aliphatic rings. The Balaban J connectivity index is 1.68. The Morgan fingerprint density at radius 2 is 1.97 bits per heavy atom. The number of carbonyl (C=O) groups excluding carboxylic acids is 1. The number of Topliss-reactive ketones (excluding diaryl/α,β-unsaturated/α-hetero) is 1. The van der Waals surface area contributed by atoms with Crippen LogP contribution in [0, 0.1) is 36.4 Å². The number of ketones is 1. The molecular weight excluding hydrogens is 419 g/mol. The molecule has 7 heteroatoms. The zero-order chi connectivity index (χ0) is 24.1. The molecule has 6 nitrogen and oxygen atoms in total. The SMILES string of the molecule is Cc1cc2c(c(F)c1C)C(=N)N(CC(=O)c1cc3c(c(C(C)(C)C)c1)OCCN3CC#N)C2. The smallest absolute Gasteiger partial charge is 0.182 e. The molecule has 0 atom stereocenters. The second-order valence-corrected chi connectivity index (χ2v) is 9.84. The van der Waals surface area contributed by atoms with Gasteiger partial charge in [-0.05, 0) is 48.1 Å². The highest BCUT2D eigenvalue weighted by Crippen LogP contribution is 2.42. The van der Waals surface area contributed by atoms with Crippen molar-refractivity contribution in [1.82, 2.24) is 4.90 Å². The Hall–Kier alpha value is -3.40. The lowest BCUT2D eigenvalue weighted by Gasteiger charge is -2.34. The minimum atomic E-state index is -0.377. The Morgan fingerprint density at radius 3 is 2.64 bits per heavy atom.